The van der Waals surface area contributed by atoms with Crippen molar-refractivity contribution in [1.82, 2.24) is 0 Å². The van der Waals surface area contributed by atoms with Gasteiger partial charge < -0.3 is 0 Å². The fourth-order valence-corrected chi connectivity index (χ4v) is 7.62. The molecule has 0 aromatic carbocycles. The van der Waals surface area contributed by atoms with E-state index in [-0.39, 0.29) is 0 Å². The third-order valence-corrected chi connectivity index (χ3v) is 9.44. The van der Waals surface area contributed by atoms with Crippen molar-refractivity contribution in [1.29, 1.82) is 0 Å². The molecule has 0 aliphatic carbocycles. The van der Waals surface area contributed by atoms with Gasteiger partial charge in [0, 0.05) is 4.11 Å². The van der Waals surface area contributed by atoms with Crippen molar-refractivity contribution >= 4 is 8.07 Å². The van der Waals surface area contributed by atoms with Crippen LogP contribution in [0.15, 0.2) is 0 Å². The van der Waals surface area contributed by atoms with Crippen LogP contribution in [-0.4, -0.2) is 8.07 Å². The predicted molar refractivity (Wildman–Crippen MR) is 64.5 cm³/mol. The molecule has 0 aliphatic heterocycles. The first-order chi connectivity index (χ1) is 7.04. The summed E-state index contributed by atoms with van der Waals surface area (Å²) in [4.78, 5) is 0. The van der Waals surface area contributed by atoms with Crippen LogP contribution in [0.2, 0.25) is 16.6 Å². The third kappa shape index (κ3) is 2.37. The quantitative estimate of drug-likeness (QED) is 0.471. The van der Waals surface area contributed by atoms with Crippen LogP contribution < -0.4 is 0 Å². The fraction of sp³-hybridized carbons (Fsp3) is 0.833. The van der Waals surface area contributed by atoms with Crippen LogP contribution in [0, 0.1) is 11.5 Å². The summed E-state index contributed by atoms with van der Waals surface area (Å²) in [6.45, 7) is 11.0. The van der Waals surface area contributed by atoms with Crippen LogP contribution in [0.5, 0.6) is 0 Å². The summed E-state index contributed by atoms with van der Waals surface area (Å²) in [5, 5.41) is 0. The van der Waals surface area contributed by atoms with Gasteiger partial charge in [-0.25, -0.2) is 0 Å². The molecule has 1 heteroatoms. The fourth-order valence-electron chi connectivity index (χ4n) is 2.54. The Labute approximate surface area is 89.3 Å². The van der Waals surface area contributed by atoms with E-state index in [0.717, 1.165) is 0 Å². The van der Waals surface area contributed by atoms with E-state index < -0.39 is 14.9 Å². The Kier molecular flexibility index (Phi) is 3.03. The maximum absolute atomic E-state index is 7.22. The molecule has 0 spiro atoms. The first-order valence-corrected chi connectivity index (χ1v) is 7.31. The SMILES string of the molecule is [2H]C([2H])([2H])C#C[Si](C(C)C)(C(C)C)C(C)C. The highest BCUT2D eigenvalue weighted by molar-refractivity contribution is 6.90. The van der Waals surface area contributed by atoms with Gasteiger partial charge in [0.2, 0.25) is 0 Å². The maximum Gasteiger partial charge on any atom is 0.145 e. The molecule has 0 fully saturated rings. The van der Waals surface area contributed by atoms with E-state index in [4.69, 9.17) is 4.11 Å². The second kappa shape index (κ2) is 4.86. The molecule has 0 saturated heterocycles. The molecular formula is C12H24Si. The van der Waals surface area contributed by atoms with Crippen LogP contribution in [0.3, 0.4) is 0 Å². The lowest BCUT2D eigenvalue weighted by molar-refractivity contribution is 0.838. The van der Waals surface area contributed by atoms with Gasteiger partial charge in [0.1, 0.15) is 8.07 Å². The van der Waals surface area contributed by atoms with Gasteiger partial charge in [0.15, 0.2) is 0 Å². The van der Waals surface area contributed by atoms with Crippen molar-refractivity contribution < 1.29 is 4.11 Å². The maximum atomic E-state index is 7.22. The van der Waals surface area contributed by atoms with Crippen LogP contribution >= 0.6 is 0 Å². The van der Waals surface area contributed by atoms with Crippen LogP contribution in [-0.2, 0) is 0 Å². The second-order valence-electron chi connectivity index (χ2n) is 4.65. The number of rotatable bonds is 3. The van der Waals surface area contributed by atoms with Crippen molar-refractivity contribution in [3.63, 3.8) is 0 Å². The molecule has 0 unspecified atom stereocenters. The van der Waals surface area contributed by atoms with Gasteiger partial charge in [-0.2, -0.15) is 0 Å². The zero-order valence-corrected chi connectivity index (χ0v) is 10.7. The normalized spacial score (nSPS) is 16.5. The Morgan fingerprint density at radius 1 is 0.923 bits per heavy atom. The predicted octanol–water partition coefficient (Wildman–Crippen LogP) is 4.23. The molecule has 0 rings (SSSR count). The lowest BCUT2D eigenvalue weighted by Crippen LogP contribution is -2.43. The molecule has 0 amide bonds. The van der Waals surface area contributed by atoms with Gasteiger partial charge in [0.25, 0.3) is 0 Å². The summed E-state index contributed by atoms with van der Waals surface area (Å²) in [5.74, 6) is 2.52. The zero-order chi connectivity index (χ0) is 13.1. The molecule has 0 atom stereocenters. The van der Waals surface area contributed by atoms with Crippen LogP contribution in [0.4, 0.5) is 0 Å². The molecule has 0 heterocycles. The van der Waals surface area contributed by atoms with Gasteiger partial charge in [-0.3, -0.25) is 0 Å². The lowest BCUT2D eigenvalue weighted by atomic mass is 10.5. The van der Waals surface area contributed by atoms with Gasteiger partial charge in [-0.05, 0) is 23.5 Å². The molecular weight excluding hydrogens is 172 g/mol. The van der Waals surface area contributed by atoms with E-state index >= 15 is 0 Å². The van der Waals surface area contributed by atoms with Crippen LogP contribution in [0.25, 0.3) is 0 Å². The van der Waals surface area contributed by atoms with E-state index in [1.54, 1.807) is 0 Å². The lowest BCUT2D eigenvalue weighted by Gasteiger charge is -2.38. The summed E-state index contributed by atoms with van der Waals surface area (Å²) in [5.41, 5.74) is 4.66. The molecule has 13 heavy (non-hydrogen) atoms. The minimum atomic E-state index is -2.11. The molecule has 0 aliphatic rings. The first kappa shape index (κ1) is 8.12. The van der Waals surface area contributed by atoms with Crippen molar-refractivity contribution in [3.8, 4) is 11.5 Å². The molecule has 0 bridgehead atoms. The van der Waals surface area contributed by atoms with Crippen molar-refractivity contribution in [3.05, 3.63) is 0 Å². The molecule has 0 aromatic rings. The Hall–Kier alpha value is -0.223. The highest BCUT2D eigenvalue weighted by Gasteiger charge is 2.41. The third-order valence-electron chi connectivity index (χ3n) is 3.15. The smallest absolute Gasteiger partial charge is 0.131 e. The number of hydrogen-bond acceptors (Lipinski definition) is 0. The van der Waals surface area contributed by atoms with Crippen LogP contribution in [0.1, 0.15) is 52.5 Å². The Morgan fingerprint density at radius 2 is 1.31 bits per heavy atom. The molecule has 0 N–H and O–H groups in total. The Bertz CT molecular complexity index is 257. The summed E-state index contributed by atoms with van der Waals surface area (Å²) in [7, 11) is -1.86. The summed E-state index contributed by atoms with van der Waals surface area (Å²) in [6.07, 6.45) is 0. The first-order valence-electron chi connectivity index (χ1n) is 6.58. The molecule has 0 saturated carbocycles. The largest absolute Gasteiger partial charge is 0.145 e. The van der Waals surface area contributed by atoms with E-state index in [2.05, 4.69) is 53.0 Å². The Morgan fingerprint density at radius 3 is 1.54 bits per heavy atom. The van der Waals surface area contributed by atoms with Crippen molar-refractivity contribution in [2.75, 3.05) is 0 Å². The highest BCUT2D eigenvalue weighted by Crippen LogP contribution is 2.40. The van der Waals surface area contributed by atoms with Crippen molar-refractivity contribution in [2.24, 2.45) is 0 Å². The molecule has 0 nitrogen and oxygen atoms in total. The van der Waals surface area contributed by atoms with Gasteiger partial charge in [0.05, 0.1) is 0 Å². The summed E-state index contributed by atoms with van der Waals surface area (Å²) < 4.78 is 21.6. The summed E-state index contributed by atoms with van der Waals surface area (Å²) >= 11 is 0. The minimum absolute atomic E-state index is 0.488. The molecule has 0 radical (unpaired) electrons. The Balaban J connectivity index is 5.45. The highest BCUT2D eigenvalue weighted by atomic mass is 28.3. The molecule has 76 valence electrons. The van der Waals surface area contributed by atoms with E-state index in [0.29, 0.717) is 16.6 Å². The van der Waals surface area contributed by atoms with Gasteiger partial charge in [-0.1, -0.05) is 41.5 Å². The van der Waals surface area contributed by atoms with Gasteiger partial charge >= 0.3 is 0 Å². The number of hydrogen-bond donors (Lipinski definition) is 0. The van der Waals surface area contributed by atoms with E-state index in [9.17, 15) is 0 Å². The topological polar surface area (TPSA) is 0 Å². The van der Waals surface area contributed by atoms with E-state index in [1.165, 1.54) is 0 Å². The second-order valence-corrected chi connectivity index (χ2v) is 10.2. The van der Waals surface area contributed by atoms with Crippen molar-refractivity contribution in [2.45, 2.75) is 65.0 Å². The average molecular weight is 199 g/mol. The van der Waals surface area contributed by atoms with Gasteiger partial charge in [-0.15, -0.1) is 11.5 Å². The standard InChI is InChI=1S/C12H24Si/c1-8-9-13(10(2)3,11(4)5)12(6)7/h10-12H,1-7H3/i1D3. The molecule has 0 aromatic heterocycles. The summed E-state index contributed by atoms with van der Waals surface area (Å²) in [6, 6.07) is 0. The minimum Gasteiger partial charge on any atom is -0.131 e. The average Bonchev–Trinajstić information content (AvgIpc) is 2.00. The van der Waals surface area contributed by atoms with E-state index in [1.807, 2.05) is 0 Å². The zero-order valence-electron chi connectivity index (χ0n) is 12.7. The monoisotopic (exact) mass is 199 g/mol.